The Morgan fingerprint density at radius 3 is 2.36 bits per heavy atom. The normalized spacial score (nSPS) is 15.3. The Labute approximate surface area is 148 Å². The lowest BCUT2D eigenvalue weighted by Gasteiger charge is -2.26. The van der Waals surface area contributed by atoms with Crippen LogP contribution >= 0.6 is 0 Å². The minimum Gasteiger partial charge on any atom is -0.312 e. The molecule has 0 atom stereocenters. The molecule has 1 heterocycles. The molecule has 25 heavy (non-hydrogen) atoms. The van der Waals surface area contributed by atoms with Gasteiger partial charge in [-0.1, -0.05) is 17.7 Å². The van der Waals surface area contributed by atoms with Crippen LogP contribution in [0.5, 0.6) is 0 Å². The molecule has 1 amide bonds. The van der Waals surface area contributed by atoms with E-state index >= 15 is 0 Å². The Balaban J connectivity index is 1.79. The van der Waals surface area contributed by atoms with Crippen molar-refractivity contribution >= 4 is 27.3 Å². The Hall–Kier alpha value is -2.34. The number of hydrogen-bond donors (Lipinski definition) is 1. The third-order valence-corrected chi connectivity index (χ3v) is 5.92. The molecule has 0 unspecified atom stereocenters. The third kappa shape index (κ3) is 3.85. The predicted octanol–water partition coefficient (Wildman–Crippen LogP) is 3.62. The topological polar surface area (TPSA) is 66.5 Å². The molecule has 0 aliphatic carbocycles. The summed E-state index contributed by atoms with van der Waals surface area (Å²) in [5, 5.41) is 0. The molecule has 3 rings (SSSR count). The van der Waals surface area contributed by atoms with Crippen LogP contribution in [0.1, 0.15) is 30.4 Å². The number of carbonyl (C=O) groups excluding carboxylic acids is 1. The van der Waals surface area contributed by atoms with Gasteiger partial charge < -0.3 is 4.90 Å². The zero-order chi connectivity index (χ0) is 18.0. The number of carbonyl (C=O) groups is 1. The molecule has 0 radical (unpaired) electrons. The highest BCUT2D eigenvalue weighted by Gasteiger charge is 2.20. The number of hydrogen-bond acceptors (Lipinski definition) is 3. The van der Waals surface area contributed by atoms with E-state index in [1.807, 2.05) is 13.0 Å². The fourth-order valence-electron chi connectivity index (χ4n) is 3.10. The van der Waals surface area contributed by atoms with Crippen LogP contribution in [0.15, 0.2) is 47.4 Å². The molecule has 1 fully saturated rings. The highest BCUT2D eigenvalue weighted by molar-refractivity contribution is 7.92. The molecule has 0 bridgehead atoms. The van der Waals surface area contributed by atoms with E-state index < -0.39 is 10.0 Å². The lowest BCUT2D eigenvalue weighted by Crippen LogP contribution is -2.35. The van der Waals surface area contributed by atoms with Gasteiger partial charge in [0, 0.05) is 24.3 Å². The quantitative estimate of drug-likeness (QED) is 0.908. The molecular formula is C19H22N2O3S. The fraction of sp³-hybridized carbons (Fsp3) is 0.316. The van der Waals surface area contributed by atoms with Gasteiger partial charge in [-0.15, -0.1) is 0 Å². The average molecular weight is 358 g/mol. The average Bonchev–Trinajstić information content (AvgIpc) is 2.55. The summed E-state index contributed by atoms with van der Waals surface area (Å²) in [6.07, 6.45) is 2.50. The number of amides is 1. The Morgan fingerprint density at radius 1 is 1.00 bits per heavy atom. The number of nitrogens with zero attached hydrogens (tertiary/aromatic N) is 1. The lowest BCUT2D eigenvalue weighted by atomic mass is 10.1. The number of aryl methyl sites for hydroxylation is 2. The summed E-state index contributed by atoms with van der Waals surface area (Å²) in [5.41, 5.74) is 3.02. The molecule has 1 aliphatic rings. The zero-order valence-electron chi connectivity index (χ0n) is 14.5. The molecule has 132 valence electrons. The summed E-state index contributed by atoms with van der Waals surface area (Å²) in [6, 6.07) is 12.2. The highest BCUT2D eigenvalue weighted by atomic mass is 32.2. The van der Waals surface area contributed by atoms with Crippen molar-refractivity contribution in [3.63, 3.8) is 0 Å². The van der Waals surface area contributed by atoms with E-state index in [0.29, 0.717) is 24.2 Å². The first-order valence-corrected chi connectivity index (χ1v) is 9.86. The monoisotopic (exact) mass is 358 g/mol. The highest BCUT2D eigenvalue weighted by Crippen LogP contribution is 2.25. The smallest absolute Gasteiger partial charge is 0.262 e. The maximum atomic E-state index is 12.6. The van der Waals surface area contributed by atoms with Crippen LogP contribution in [-0.4, -0.2) is 20.9 Å². The van der Waals surface area contributed by atoms with Gasteiger partial charge in [0.05, 0.1) is 4.90 Å². The number of anilines is 2. The maximum Gasteiger partial charge on any atom is 0.262 e. The van der Waals surface area contributed by atoms with E-state index in [4.69, 9.17) is 0 Å². The molecule has 5 nitrogen and oxygen atoms in total. The van der Waals surface area contributed by atoms with Crippen LogP contribution in [0.4, 0.5) is 11.4 Å². The second-order valence-electron chi connectivity index (χ2n) is 6.42. The van der Waals surface area contributed by atoms with Crippen LogP contribution in [0.3, 0.4) is 0 Å². The van der Waals surface area contributed by atoms with Crippen molar-refractivity contribution in [1.29, 1.82) is 0 Å². The first-order chi connectivity index (χ1) is 11.9. The van der Waals surface area contributed by atoms with E-state index in [9.17, 15) is 13.2 Å². The first kappa shape index (κ1) is 17.5. The summed E-state index contributed by atoms with van der Waals surface area (Å²) >= 11 is 0. The van der Waals surface area contributed by atoms with Gasteiger partial charge in [-0.3, -0.25) is 9.52 Å². The molecule has 0 spiro atoms. The van der Waals surface area contributed by atoms with Crippen LogP contribution in [0.25, 0.3) is 0 Å². The maximum absolute atomic E-state index is 12.6. The number of sulfonamides is 1. The second kappa shape index (κ2) is 6.88. The summed E-state index contributed by atoms with van der Waals surface area (Å²) in [4.78, 5) is 14.0. The standard InChI is InChI=1S/C19H22N2O3S/c1-14-6-11-18(15(2)13-14)25(23,24)20-16-7-9-17(10-8-16)21-12-4-3-5-19(21)22/h6-11,13,20H,3-5,12H2,1-2H3. The first-order valence-electron chi connectivity index (χ1n) is 8.37. The summed E-state index contributed by atoms with van der Waals surface area (Å²) in [7, 11) is -3.64. The van der Waals surface area contributed by atoms with E-state index in [0.717, 1.165) is 24.1 Å². The number of benzene rings is 2. The zero-order valence-corrected chi connectivity index (χ0v) is 15.3. The molecule has 0 aromatic heterocycles. The number of rotatable bonds is 4. The number of nitrogens with one attached hydrogen (secondary N) is 1. The van der Waals surface area contributed by atoms with Crippen molar-refractivity contribution < 1.29 is 13.2 Å². The molecular weight excluding hydrogens is 336 g/mol. The molecule has 1 aliphatic heterocycles. The van der Waals surface area contributed by atoms with Crippen molar-refractivity contribution in [3.05, 3.63) is 53.6 Å². The number of piperidine rings is 1. The van der Waals surface area contributed by atoms with Gasteiger partial charge >= 0.3 is 0 Å². The van der Waals surface area contributed by atoms with Crippen LogP contribution in [0.2, 0.25) is 0 Å². The summed E-state index contributed by atoms with van der Waals surface area (Å²) < 4.78 is 27.8. The van der Waals surface area contributed by atoms with Gasteiger partial charge in [-0.05, 0) is 62.6 Å². The van der Waals surface area contributed by atoms with E-state index in [1.54, 1.807) is 48.2 Å². The molecule has 1 saturated heterocycles. The molecule has 6 heteroatoms. The van der Waals surface area contributed by atoms with Crippen molar-refractivity contribution in [2.24, 2.45) is 0 Å². The minimum atomic E-state index is -3.64. The second-order valence-corrected chi connectivity index (χ2v) is 8.07. The Kier molecular flexibility index (Phi) is 4.81. The largest absolute Gasteiger partial charge is 0.312 e. The van der Waals surface area contributed by atoms with Crippen molar-refractivity contribution in [2.45, 2.75) is 38.0 Å². The summed E-state index contributed by atoms with van der Waals surface area (Å²) in [6.45, 7) is 4.43. The van der Waals surface area contributed by atoms with Gasteiger partial charge in [-0.2, -0.15) is 0 Å². The van der Waals surface area contributed by atoms with Crippen molar-refractivity contribution in [1.82, 2.24) is 0 Å². The van der Waals surface area contributed by atoms with Gasteiger partial charge in [0.2, 0.25) is 5.91 Å². The van der Waals surface area contributed by atoms with E-state index in [2.05, 4.69) is 4.72 Å². The van der Waals surface area contributed by atoms with Crippen LogP contribution in [0, 0.1) is 13.8 Å². The van der Waals surface area contributed by atoms with Gasteiger partial charge in [0.1, 0.15) is 0 Å². The van der Waals surface area contributed by atoms with Crippen molar-refractivity contribution in [2.75, 3.05) is 16.2 Å². The SMILES string of the molecule is Cc1ccc(S(=O)(=O)Nc2ccc(N3CCCCC3=O)cc2)c(C)c1. The van der Waals surface area contributed by atoms with E-state index in [1.165, 1.54) is 0 Å². The summed E-state index contributed by atoms with van der Waals surface area (Å²) in [5.74, 6) is 0.120. The molecule has 2 aromatic carbocycles. The van der Waals surface area contributed by atoms with Crippen molar-refractivity contribution in [3.8, 4) is 0 Å². The Morgan fingerprint density at radius 2 is 1.72 bits per heavy atom. The Bertz CT molecular complexity index is 889. The van der Waals surface area contributed by atoms with Gasteiger partial charge in [0.25, 0.3) is 10.0 Å². The molecule has 2 aromatic rings. The minimum absolute atomic E-state index is 0.120. The third-order valence-electron chi connectivity index (χ3n) is 4.37. The predicted molar refractivity (Wildman–Crippen MR) is 99.4 cm³/mol. The van der Waals surface area contributed by atoms with Gasteiger partial charge in [-0.25, -0.2) is 8.42 Å². The van der Waals surface area contributed by atoms with Crippen LogP contribution < -0.4 is 9.62 Å². The lowest BCUT2D eigenvalue weighted by molar-refractivity contribution is -0.119. The van der Waals surface area contributed by atoms with E-state index in [-0.39, 0.29) is 10.8 Å². The fourth-order valence-corrected chi connectivity index (χ4v) is 4.39. The van der Waals surface area contributed by atoms with Crippen LogP contribution in [-0.2, 0) is 14.8 Å². The molecule has 1 N–H and O–H groups in total. The van der Waals surface area contributed by atoms with Gasteiger partial charge in [0.15, 0.2) is 0 Å². The molecule has 0 saturated carbocycles.